The van der Waals surface area contributed by atoms with Gasteiger partial charge in [0.1, 0.15) is 0 Å². The number of rotatable bonds is 4. The lowest BCUT2D eigenvalue weighted by Crippen LogP contribution is -2.45. The zero-order valence-corrected chi connectivity index (χ0v) is 15.1. The molecule has 4 rings (SSSR count). The van der Waals surface area contributed by atoms with Crippen LogP contribution in [0.2, 0.25) is 0 Å². The lowest BCUT2D eigenvalue weighted by molar-refractivity contribution is -0.120. The van der Waals surface area contributed by atoms with Crippen molar-refractivity contribution in [2.24, 2.45) is 5.92 Å². The van der Waals surface area contributed by atoms with Crippen LogP contribution in [0.3, 0.4) is 0 Å². The predicted octanol–water partition coefficient (Wildman–Crippen LogP) is 3.51. The summed E-state index contributed by atoms with van der Waals surface area (Å²) in [5.41, 5.74) is 1.02. The van der Waals surface area contributed by atoms with E-state index in [1.165, 1.54) is 25.7 Å². The van der Waals surface area contributed by atoms with E-state index in [-0.39, 0.29) is 17.6 Å². The molecular formula is C21H30N2O2. The molecule has 25 heavy (non-hydrogen) atoms. The van der Waals surface area contributed by atoms with Crippen molar-refractivity contribution in [2.45, 2.75) is 63.0 Å². The Kier molecular flexibility index (Phi) is 5.09. The molecule has 2 heterocycles. The summed E-state index contributed by atoms with van der Waals surface area (Å²) in [5, 5.41) is 3.42. The van der Waals surface area contributed by atoms with Crippen LogP contribution in [0.25, 0.3) is 0 Å². The van der Waals surface area contributed by atoms with Crippen LogP contribution in [-0.2, 0) is 9.53 Å². The lowest BCUT2D eigenvalue weighted by Gasteiger charge is -2.34. The fourth-order valence-corrected chi connectivity index (χ4v) is 4.92. The summed E-state index contributed by atoms with van der Waals surface area (Å²) in [6.07, 6.45) is 8.78. The monoisotopic (exact) mass is 342 g/mol. The first-order valence-corrected chi connectivity index (χ1v) is 9.98. The van der Waals surface area contributed by atoms with Gasteiger partial charge in [-0.05, 0) is 63.2 Å². The number of nitrogens with zero attached hydrogens (tertiary/aromatic N) is 1. The Morgan fingerprint density at radius 1 is 1.16 bits per heavy atom. The molecule has 2 aliphatic heterocycles. The Labute approximate surface area is 150 Å². The Hall–Kier alpha value is -1.39. The second-order valence-corrected chi connectivity index (χ2v) is 8.06. The number of carbonyl (C=O) groups is 1. The van der Waals surface area contributed by atoms with Gasteiger partial charge in [-0.15, -0.1) is 0 Å². The van der Waals surface area contributed by atoms with E-state index >= 15 is 0 Å². The maximum Gasteiger partial charge on any atom is 0.227 e. The third-order valence-electron chi connectivity index (χ3n) is 6.31. The normalized spacial score (nSPS) is 26.2. The molecule has 4 nitrogen and oxygen atoms in total. The minimum Gasteiger partial charge on any atom is -0.373 e. The van der Waals surface area contributed by atoms with Gasteiger partial charge in [0.05, 0.1) is 18.2 Å². The number of hydrogen-bond donors (Lipinski definition) is 1. The standard InChI is InChI=1S/C21H30N2O2/c24-20(14-17-6-4-5-7-17)23(18-8-2-1-3-9-18)19-15-21(25-16-19)10-12-22-13-11-21/h1-3,8-9,17,19,22H,4-7,10-16H2/t19-/m0/s1. The first-order chi connectivity index (χ1) is 12.3. The SMILES string of the molecule is O=C(CC1CCCC1)N(c1ccccc1)[C@@H]1COC2(CCNCC2)C1. The molecular weight excluding hydrogens is 312 g/mol. The summed E-state index contributed by atoms with van der Waals surface area (Å²) >= 11 is 0. The molecule has 1 aliphatic carbocycles. The number of hydrogen-bond acceptors (Lipinski definition) is 3. The third-order valence-corrected chi connectivity index (χ3v) is 6.31. The van der Waals surface area contributed by atoms with Crippen molar-refractivity contribution >= 4 is 11.6 Å². The molecule has 1 N–H and O–H groups in total. The van der Waals surface area contributed by atoms with Crippen LogP contribution < -0.4 is 10.2 Å². The zero-order chi connectivity index (χ0) is 17.1. The molecule has 3 aliphatic rings. The van der Waals surface area contributed by atoms with Gasteiger partial charge >= 0.3 is 0 Å². The van der Waals surface area contributed by atoms with E-state index in [0.717, 1.165) is 38.0 Å². The summed E-state index contributed by atoms with van der Waals surface area (Å²) in [5.74, 6) is 0.867. The van der Waals surface area contributed by atoms with E-state index in [9.17, 15) is 4.79 Å². The molecule has 1 aromatic rings. The molecule has 2 saturated heterocycles. The van der Waals surface area contributed by atoms with Gasteiger partial charge in [-0.25, -0.2) is 0 Å². The number of anilines is 1. The molecule has 1 amide bonds. The van der Waals surface area contributed by atoms with Gasteiger partial charge in [-0.3, -0.25) is 4.79 Å². The summed E-state index contributed by atoms with van der Waals surface area (Å²) in [6.45, 7) is 2.72. The van der Waals surface area contributed by atoms with Crippen LogP contribution in [0, 0.1) is 5.92 Å². The fraction of sp³-hybridized carbons (Fsp3) is 0.667. The number of para-hydroxylation sites is 1. The van der Waals surface area contributed by atoms with Crippen molar-refractivity contribution < 1.29 is 9.53 Å². The van der Waals surface area contributed by atoms with Gasteiger partial charge < -0.3 is 15.0 Å². The summed E-state index contributed by atoms with van der Waals surface area (Å²) in [4.78, 5) is 15.3. The number of nitrogens with one attached hydrogen (secondary N) is 1. The molecule has 136 valence electrons. The summed E-state index contributed by atoms with van der Waals surface area (Å²) in [6, 6.07) is 10.4. The molecule has 3 fully saturated rings. The van der Waals surface area contributed by atoms with Gasteiger partial charge in [0.2, 0.25) is 5.91 Å². The number of amides is 1. The molecule has 1 atom stereocenters. The molecule has 4 heteroatoms. The summed E-state index contributed by atoms with van der Waals surface area (Å²) < 4.78 is 6.28. The lowest BCUT2D eigenvalue weighted by atomic mass is 9.87. The van der Waals surface area contributed by atoms with E-state index in [4.69, 9.17) is 4.74 Å². The maximum atomic E-state index is 13.2. The first kappa shape index (κ1) is 17.0. The largest absolute Gasteiger partial charge is 0.373 e. The van der Waals surface area contributed by atoms with Crippen molar-refractivity contribution in [3.05, 3.63) is 30.3 Å². The van der Waals surface area contributed by atoms with Gasteiger partial charge in [0.25, 0.3) is 0 Å². The quantitative estimate of drug-likeness (QED) is 0.910. The van der Waals surface area contributed by atoms with Crippen molar-refractivity contribution in [3.63, 3.8) is 0 Å². The third kappa shape index (κ3) is 3.75. The van der Waals surface area contributed by atoms with Crippen molar-refractivity contribution in [1.29, 1.82) is 0 Å². The average molecular weight is 342 g/mol. The van der Waals surface area contributed by atoms with Crippen molar-refractivity contribution in [2.75, 3.05) is 24.6 Å². The van der Waals surface area contributed by atoms with Gasteiger partial charge in [0.15, 0.2) is 0 Å². The Bertz CT molecular complexity index is 577. The summed E-state index contributed by atoms with van der Waals surface area (Å²) in [7, 11) is 0. The highest BCUT2D eigenvalue weighted by atomic mass is 16.5. The van der Waals surface area contributed by atoms with Crippen LogP contribution >= 0.6 is 0 Å². The molecule has 0 radical (unpaired) electrons. The van der Waals surface area contributed by atoms with Crippen LogP contribution in [0.15, 0.2) is 30.3 Å². The van der Waals surface area contributed by atoms with E-state index in [1.54, 1.807) is 0 Å². The van der Waals surface area contributed by atoms with Crippen molar-refractivity contribution in [3.8, 4) is 0 Å². The minimum absolute atomic E-state index is 0.0173. The maximum absolute atomic E-state index is 13.2. The van der Waals surface area contributed by atoms with E-state index in [1.807, 2.05) is 18.2 Å². The van der Waals surface area contributed by atoms with Crippen molar-refractivity contribution in [1.82, 2.24) is 5.32 Å². The highest BCUT2D eigenvalue weighted by Crippen LogP contribution is 2.38. The second-order valence-electron chi connectivity index (χ2n) is 8.06. The number of piperidine rings is 1. The Morgan fingerprint density at radius 3 is 2.60 bits per heavy atom. The highest BCUT2D eigenvalue weighted by molar-refractivity contribution is 5.94. The zero-order valence-electron chi connectivity index (χ0n) is 15.1. The molecule has 1 saturated carbocycles. The predicted molar refractivity (Wildman–Crippen MR) is 99.7 cm³/mol. The second kappa shape index (κ2) is 7.46. The number of ether oxygens (including phenoxy) is 1. The van der Waals surface area contributed by atoms with Crippen LogP contribution in [0.5, 0.6) is 0 Å². The fourth-order valence-electron chi connectivity index (χ4n) is 4.92. The smallest absolute Gasteiger partial charge is 0.227 e. The van der Waals surface area contributed by atoms with E-state index in [2.05, 4.69) is 22.3 Å². The molecule has 1 spiro atoms. The van der Waals surface area contributed by atoms with Crippen LogP contribution in [0.4, 0.5) is 5.69 Å². The molecule has 1 aromatic carbocycles. The first-order valence-electron chi connectivity index (χ1n) is 9.98. The number of carbonyl (C=O) groups excluding carboxylic acids is 1. The van der Waals surface area contributed by atoms with Gasteiger partial charge in [0, 0.05) is 12.1 Å². The minimum atomic E-state index is -0.0173. The van der Waals surface area contributed by atoms with Crippen LogP contribution in [-0.4, -0.2) is 37.2 Å². The topological polar surface area (TPSA) is 41.6 Å². The highest BCUT2D eigenvalue weighted by Gasteiger charge is 2.44. The van der Waals surface area contributed by atoms with Crippen LogP contribution in [0.1, 0.15) is 51.4 Å². The Balaban J connectivity index is 1.52. The van der Waals surface area contributed by atoms with Gasteiger partial charge in [-0.1, -0.05) is 31.0 Å². The van der Waals surface area contributed by atoms with E-state index < -0.39 is 0 Å². The Morgan fingerprint density at radius 2 is 1.88 bits per heavy atom. The molecule has 0 bridgehead atoms. The number of benzene rings is 1. The molecule has 0 aromatic heterocycles. The van der Waals surface area contributed by atoms with E-state index in [0.29, 0.717) is 18.9 Å². The average Bonchev–Trinajstić information content (AvgIpc) is 3.28. The molecule has 0 unspecified atom stereocenters. The van der Waals surface area contributed by atoms with Gasteiger partial charge in [-0.2, -0.15) is 0 Å².